The van der Waals surface area contributed by atoms with E-state index in [1.807, 2.05) is 18.3 Å². The van der Waals surface area contributed by atoms with Gasteiger partial charge in [0.05, 0.1) is 18.4 Å². The van der Waals surface area contributed by atoms with E-state index in [0.29, 0.717) is 16.9 Å². The van der Waals surface area contributed by atoms with Crippen LogP contribution in [-0.4, -0.2) is 50.7 Å². The summed E-state index contributed by atoms with van der Waals surface area (Å²) in [6.07, 6.45) is 5.54. The molecule has 1 unspecified atom stereocenters. The fourth-order valence-corrected chi connectivity index (χ4v) is 3.74. The summed E-state index contributed by atoms with van der Waals surface area (Å²) in [4.78, 5) is 2.33. The largest absolute Gasteiger partial charge is 0.490 e. The van der Waals surface area contributed by atoms with Crippen LogP contribution in [0.25, 0.3) is 5.70 Å². The number of nitrogens with two attached hydrogens (primary N) is 1. The number of aliphatic hydroxyl groups excluding tert-OH is 1. The van der Waals surface area contributed by atoms with E-state index in [1.54, 1.807) is 0 Å². The van der Waals surface area contributed by atoms with Gasteiger partial charge in [-0.2, -0.15) is 0 Å². The summed E-state index contributed by atoms with van der Waals surface area (Å²) in [6, 6.07) is 6.10. The van der Waals surface area contributed by atoms with Crippen LogP contribution >= 0.6 is 0 Å². The third kappa shape index (κ3) is 5.30. The Kier molecular flexibility index (Phi) is 6.50. The van der Waals surface area contributed by atoms with E-state index in [4.69, 9.17) is 20.3 Å². The second kappa shape index (κ2) is 8.85. The smallest absolute Gasteiger partial charge is 0.130 e. The molecule has 6 nitrogen and oxygen atoms in total. The van der Waals surface area contributed by atoms with Gasteiger partial charge in [-0.05, 0) is 36.8 Å². The maximum Gasteiger partial charge on any atom is 0.130 e. The van der Waals surface area contributed by atoms with Gasteiger partial charge in [0, 0.05) is 49.8 Å². The molecule has 0 aliphatic carbocycles. The van der Waals surface area contributed by atoms with Crippen molar-refractivity contribution in [2.45, 2.75) is 39.2 Å². The maximum absolute atomic E-state index is 9.14. The van der Waals surface area contributed by atoms with Gasteiger partial charge in [-0.25, -0.2) is 0 Å². The van der Waals surface area contributed by atoms with E-state index in [0.717, 1.165) is 50.3 Å². The Bertz CT molecular complexity index is 646. The average molecular weight is 376 g/mol. The predicted molar refractivity (Wildman–Crippen MR) is 109 cm³/mol. The molecule has 0 aromatic heterocycles. The van der Waals surface area contributed by atoms with Crippen molar-refractivity contribution in [3.8, 4) is 5.75 Å². The summed E-state index contributed by atoms with van der Waals surface area (Å²) in [7, 11) is 0. The van der Waals surface area contributed by atoms with E-state index in [9.17, 15) is 0 Å². The molecular weight excluding hydrogens is 342 g/mol. The van der Waals surface area contributed by atoms with Crippen LogP contribution in [0.2, 0.25) is 0 Å². The molecule has 0 saturated carbocycles. The third-order valence-electron chi connectivity index (χ3n) is 5.11. The minimum absolute atomic E-state index is 0.0265. The Balaban J connectivity index is 1.67. The van der Waals surface area contributed by atoms with E-state index in [2.05, 4.69) is 30.1 Å². The van der Waals surface area contributed by atoms with Crippen LogP contribution in [0, 0.1) is 5.41 Å². The van der Waals surface area contributed by atoms with E-state index in [1.165, 1.54) is 6.42 Å². The lowest BCUT2D eigenvalue weighted by Gasteiger charge is -2.47. The molecule has 150 valence electrons. The third-order valence-corrected chi connectivity index (χ3v) is 5.11. The van der Waals surface area contributed by atoms with Gasteiger partial charge in [0.2, 0.25) is 0 Å². The fraction of sp³-hybridized carbons (Fsp3) is 0.619. The number of rotatable bonds is 8. The molecule has 2 heterocycles. The van der Waals surface area contributed by atoms with Crippen LogP contribution in [0.3, 0.4) is 0 Å². The van der Waals surface area contributed by atoms with Gasteiger partial charge in [0.1, 0.15) is 12.4 Å². The van der Waals surface area contributed by atoms with E-state index in [-0.39, 0.29) is 19.3 Å². The second-order valence-corrected chi connectivity index (χ2v) is 8.27. The molecule has 1 aromatic carbocycles. The number of benzene rings is 1. The number of aliphatic hydroxyl groups is 1. The minimum atomic E-state index is -0.0265. The van der Waals surface area contributed by atoms with Gasteiger partial charge in [-0.15, -0.1) is 0 Å². The topological polar surface area (TPSA) is 80.0 Å². The lowest BCUT2D eigenvalue weighted by Crippen LogP contribution is -2.53. The highest BCUT2D eigenvalue weighted by Crippen LogP contribution is 2.36. The van der Waals surface area contributed by atoms with Gasteiger partial charge >= 0.3 is 0 Å². The number of hydrogen-bond donors (Lipinski definition) is 3. The molecule has 4 N–H and O–H groups in total. The van der Waals surface area contributed by atoms with Crippen LogP contribution in [0.15, 0.2) is 24.4 Å². The van der Waals surface area contributed by atoms with E-state index >= 15 is 0 Å². The summed E-state index contributed by atoms with van der Waals surface area (Å²) < 4.78 is 11.5. The Hall–Kier alpha value is -1.92. The lowest BCUT2D eigenvalue weighted by molar-refractivity contribution is 0.0188. The summed E-state index contributed by atoms with van der Waals surface area (Å²) in [5.74, 6) is 0.704. The summed E-state index contributed by atoms with van der Waals surface area (Å²) in [5, 5.41) is 12.4. The number of nitrogens with zero attached hydrogens (tertiary/aromatic N) is 1. The number of hydrogen-bond acceptors (Lipinski definition) is 6. The Morgan fingerprint density at radius 1 is 1.41 bits per heavy atom. The standard InChI is InChI=1S/C21H33N3O3/c1-21(2)14-24(15-21)16-6-7-18(20(11-16)27-10-8-25)19(22)13-23-12-17-5-3-4-9-26-17/h6-7,11,13,17,23,25H,3-5,8-10,12,14-15,22H2,1-2H3/b19-13-. The maximum atomic E-state index is 9.14. The van der Waals surface area contributed by atoms with Gasteiger partial charge in [0.25, 0.3) is 0 Å². The highest BCUT2D eigenvalue weighted by molar-refractivity contribution is 5.71. The molecule has 0 radical (unpaired) electrons. The van der Waals surface area contributed by atoms with E-state index < -0.39 is 0 Å². The Morgan fingerprint density at radius 3 is 2.89 bits per heavy atom. The zero-order chi connectivity index (χ0) is 19.3. The van der Waals surface area contributed by atoms with Gasteiger partial charge in [0.15, 0.2) is 0 Å². The molecule has 27 heavy (non-hydrogen) atoms. The van der Waals surface area contributed by atoms with Crippen LogP contribution in [0.5, 0.6) is 5.75 Å². The molecule has 6 heteroatoms. The zero-order valence-electron chi connectivity index (χ0n) is 16.5. The monoisotopic (exact) mass is 375 g/mol. The average Bonchev–Trinajstić information content (AvgIpc) is 2.65. The molecule has 1 aromatic rings. The first kappa shape index (κ1) is 19.8. The molecule has 2 fully saturated rings. The predicted octanol–water partition coefficient (Wildman–Crippen LogP) is 2.32. The first-order valence-electron chi connectivity index (χ1n) is 9.92. The first-order valence-corrected chi connectivity index (χ1v) is 9.92. The molecule has 3 rings (SSSR count). The van der Waals surface area contributed by atoms with Crippen molar-refractivity contribution in [1.29, 1.82) is 0 Å². The SMILES string of the molecule is CC1(C)CN(c2ccc(/C(N)=C/NCC3CCCCO3)c(OCCO)c2)C1. The molecular formula is C21H33N3O3. The summed E-state index contributed by atoms with van der Waals surface area (Å²) in [6.45, 7) is 8.42. The van der Waals surface area contributed by atoms with Crippen molar-refractivity contribution in [1.82, 2.24) is 5.32 Å². The Morgan fingerprint density at radius 2 is 2.22 bits per heavy atom. The van der Waals surface area contributed by atoms with Crippen molar-refractivity contribution in [3.05, 3.63) is 30.0 Å². The highest BCUT2D eigenvalue weighted by Gasteiger charge is 2.34. The van der Waals surface area contributed by atoms with Crippen LogP contribution in [0.1, 0.15) is 38.7 Å². The van der Waals surface area contributed by atoms with Crippen LogP contribution < -0.4 is 20.7 Å². The molecule has 2 aliphatic heterocycles. The molecule has 2 aliphatic rings. The second-order valence-electron chi connectivity index (χ2n) is 8.27. The van der Waals surface area contributed by atoms with Crippen molar-refractivity contribution < 1.29 is 14.6 Å². The van der Waals surface area contributed by atoms with Crippen molar-refractivity contribution in [2.75, 3.05) is 44.4 Å². The van der Waals surface area contributed by atoms with Gasteiger partial charge in [-0.1, -0.05) is 13.8 Å². The summed E-state index contributed by atoms with van der Waals surface area (Å²) in [5.41, 5.74) is 9.24. The fourth-order valence-electron chi connectivity index (χ4n) is 3.74. The normalized spacial score (nSPS) is 22.3. The molecule has 1 atom stereocenters. The molecule has 0 bridgehead atoms. The summed E-state index contributed by atoms with van der Waals surface area (Å²) >= 11 is 0. The van der Waals surface area contributed by atoms with Crippen molar-refractivity contribution >= 4 is 11.4 Å². The van der Waals surface area contributed by atoms with Gasteiger partial charge < -0.3 is 30.5 Å². The van der Waals surface area contributed by atoms with Crippen LogP contribution in [0.4, 0.5) is 5.69 Å². The lowest BCUT2D eigenvalue weighted by atomic mass is 9.84. The zero-order valence-corrected chi connectivity index (χ0v) is 16.5. The Labute approximate surface area is 162 Å². The van der Waals surface area contributed by atoms with Crippen molar-refractivity contribution in [2.24, 2.45) is 11.1 Å². The minimum Gasteiger partial charge on any atom is -0.490 e. The first-order chi connectivity index (χ1) is 13.0. The molecule has 2 saturated heterocycles. The van der Waals surface area contributed by atoms with Crippen LogP contribution in [-0.2, 0) is 4.74 Å². The number of anilines is 1. The number of nitrogens with one attached hydrogen (secondary N) is 1. The number of ether oxygens (including phenoxy) is 2. The molecule has 0 amide bonds. The quantitative estimate of drug-likeness (QED) is 0.647. The van der Waals surface area contributed by atoms with Crippen molar-refractivity contribution in [3.63, 3.8) is 0 Å². The molecule has 0 spiro atoms. The highest BCUT2D eigenvalue weighted by atomic mass is 16.5. The van der Waals surface area contributed by atoms with Gasteiger partial charge in [-0.3, -0.25) is 0 Å².